The molecule has 96 valence electrons. The first-order chi connectivity index (χ1) is 8.25. The van der Waals surface area contributed by atoms with Crippen molar-refractivity contribution in [2.24, 2.45) is 0 Å². The van der Waals surface area contributed by atoms with Crippen molar-refractivity contribution in [3.8, 4) is 0 Å². The monoisotopic (exact) mass is 255 g/mol. The molecule has 2 nitrogen and oxygen atoms in total. The molecule has 3 heteroatoms. The fraction of sp³-hybridized carbons (Fsp3) is 0.571. The van der Waals surface area contributed by atoms with Gasteiger partial charge in [0.2, 0.25) is 0 Å². The minimum atomic E-state index is 0.262. The van der Waals surface area contributed by atoms with Crippen molar-refractivity contribution in [1.82, 2.24) is 5.32 Å². The van der Waals surface area contributed by atoms with Gasteiger partial charge in [-0.15, -0.1) is 0 Å². The van der Waals surface area contributed by atoms with E-state index < -0.39 is 0 Å². The fourth-order valence-electron chi connectivity index (χ4n) is 1.63. The highest BCUT2D eigenvalue weighted by molar-refractivity contribution is 6.31. The van der Waals surface area contributed by atoms with Gasteiger partial charge in [0.25, 0.3) is 0 Å². The molecule has 0 bridgehead atoms. The minimum absolute atomic E-state index is 0.262. The summed E-state index contributed by atoms with van der Waals surface area (Å²) in [6.07, 6.45) is 2.32. The van der Waals surface area contributed by atoms with Crippen molar-refractivity contribution in [3.05, 3.63) is 34.9 Å². The van der Waals surface area contributed by atoms with Gasteiger partial charge in [-0.25, -0.2) is 0 Å². The third-order valence-corrected chi connectivity index (χ3v) is 3.06. The van der Waals surface area contributed by atoms with E-state index in [0.29, 0.717) is 0 Å². The Morgan fingerprint density at radius 1 is 1.29 bits per heavy atom. The largest absolute Gasteiger partial charge is 0.380 e. The number of unbranched alkanes of at least 4 members (excludes halogenated alkanes) is 1. The van der Waals surface area contributed by atoms with Gasteiger partial charge < -0.3 is 10.1 Å². The fourth-order valence-corrected chi connectivity index (χ4v) is 1.93. The maximum atomic E-state index is 6.13. The Balaban J connectivity index is 2.21. The number of hydrogen-bond acceptors (Lipinski definition) is 2. The number of nitrogens with one attached hydrogen (secondary N) is 1. The van der Waals surface area contributed by atoms with E-state index in [9.17, 15) is 0 Å². The molecule has 1 atom stereocenters. The number of ether oxygens (including phenoxy) is 1. The Labute approximate surface area is 109 Å². The van der Waals surface area contributed by atoms with Crippen LogP contribution < -0.4 is 5.32 Å². The highest BCUT2D eigenvalue weighted by Gasteiger charge is 2.07. The first kappa shape index (κ1) is 14.5. The van der Waals surface area contributed by atoms with Gasteiger partial charge in [-0.2, -0.15) is 0 Å². The Kier molecular flexibility index (Phi) is 7.25. The van der Waals surface area contributed by atoms with Gasteiger partial charge >= 0.3 is 0 Å². The van der Waals surface area contributed by atoms with Crippen LogP contribution in [0.3, 0.4) is 0 Å². The van der Waals surface area contributed by atoms with Crippen LogP contribution in [0.1, 0.15) is 38.3 Å². The topological polar surface area (TPSA) is 21.3 Å². The lowest BCUT2D eigenvalue weighted by Crippen LogP contribution is -2.23. The molecule has 1 rings (SSSR count). The zero-order chi connectivity index (χ0) is 12.5. The average molecular weight is 256 g/mol. The lowest BCUT2D eigenvalue weighted by atomic mass is 10.1. The molecule has 0 aromatic heterocycles. The molecule has 0 aliphatic carbocycles. The van der Waals surface area contributed by atoms with Gasteiger partial charge in [-0.05, 0) is 25.0 Å². The third-order valence-electron chi connectivity index (χ3n) is 2.71. The first-order valence-electron chi connectivity index (χ1n) is 6.31. The Morgan fingerprint density at radius 2 is 2.06 bits per heavy atom. The van der Waals surface area contributed by atoms with Crippen molar-refractivity contribution in [2.45, 2.75) is 32.7 Å². The number of rotatable bonds is 8. The van der Waals surface area contributed by atoms with Crippen LogP contribution >= 0.6 is 11.6 Å². The second-order valence-corrected chi connectivity index (χ2v) is 4.57. The summed E-state index contributed by atoms with van der Waals surface area (Å²) in [4.78, 5) is 0. The second-order valence-electron chi connectivity index (χ2n) is 4.16. The third kappa shape index (κ3) is 5.53. The van der Waals surface area contributed by atoms with Crippen molar-refractivity contribution >= 4 is 11.6 Å². The van der Waals surface area contributed by atoms with E-state index in [4.69, 9.17) is 16.3 Å². The van der Waals surface area contributed by atoms with Crippen LogP contribution in [0.5, 0.6) is 0 Å². The van der Waals surface area contributed by atoms with Crippen molar-refractivity contribution < 1.29 is 4.74 Å². The first-order valence-corrected chi connectivity index (χ1v) is 6.69. The SMILES string of the molecule is CCCCOCCNC(C)c1ccccc1Cl. The number of benzene rings is 1. The lowest BCUT2D eigenvalue weighted by Gasteiger charge is -2.15. The Bertz CT molecular complexity index is 317. The van der Waals surface area contributed by atoms with Crippen LogP contribution in [-0.4, -0.2) is 19.8 Å². The molecule has 17 heavy (non-hydrogen) atoms. The quantitative estimate of drug-likeness (QED) is 0.714. The highest BCUT2D eigenvalue weighted by atomic mass is 35.5. The van der Waals surface area contributed by atoms with Crippen LogP contribution in [0.15, 0.2) is 24.3 Å². The number of halogens is 1. The van der Waals surface area contributed by atoms with Crippen molar-refractivity contribution in [2.75, 3.05) is 19.8 Å². The van der Waals surface area contributed by atoms with Crippen LogP contribution in [0.4, 0.5) is 0 Å². The summed E-state index contributed by atoms with van der Waals surface area (Å²) in [5.41, 5.74) is 1.14. The molecule has 0 aliphatic rings. The molecule has 0 saturated carbocycles. The molecular formula is C14H22ClNO. The Morgan fingerprint density at radius 3 is 2.76 bits per heavy atom. The Hall–Kier alpha value is -0.570. The van der Waals surface area contributed by atoms with Gasteiger partial charge in [0.15, 0.2) is 0 Å². The molecule has 1 N–H and O–H groups in total. The highest BCUT2D eigenvalue weighted by Crippen LogP contribution is 2.21. The molecule has 1 unspecified atom stereocenters. The maximum Gasteiger partial charge on any atom is 0.0591 e. The second kappa shape index (κ2) is 8.51. The molecule has 0 aliphatic heterocycles. The smallest absolute Gasteiger partial charge is 0.0591 e. The van der Waals surface area contributed by atoms with Gasteiger partial charge in [0.1, 0.15) is 0 Å². The molecule has 0 radical (unpaired) electrons. The standard InChI is InChI=1S/C14H22ClNO/c1-3-4-10-17-11-9-16-12(2)13-7-5-6-8-14(13)15/h5-8,12,16H,3-4,9-11H2,1-2H3. The normalized spacial score (nSPS) is 12.6. The minimum Gasteiger partial charge on any atom is -0.380 e. The van der Waals surface area contributed by atoms with Crippen LogP contribution in [-0.2, 0) is 4.74 Å². The summed E-state index contributed by atoms with van der Waals surface area (Å²) in [5.74, 6) is 0. The van der Waals surface area contributed by atoms with Gasteiger partial charge in [-0.3, -0.25) is 0 Å². The molecule has 0 heterocycles. The summed E-state index contributed by atoms with van der Waals surface area (Å²) in [6.45, 7) is 6.76. The van der Waals surface area contributed by atoms with Crippen LogP contribution in [0, 0.1) is 0 Å². The van der Waals surface area contributed by atoms with E-state index in [0.717, 1.165) is 36.8 Å². The van der Waals surface area contributed by atoms with Gasteiger partial charge in [0, 0.05) is 24.2 Å². The van der Waals surface area contributed by atoms with E-state index in [1.165, 1.54) is 6.42 Å². The number of hydrogen-bond donors (Lipinski definition) is 1. The zero-order valence-electron chi connectivity index (χ0n) is 10.7. The van der Waals surface area contributed by atoms with E-state index in [1.54, 1.807) is 0 Å². The molecule has 0 saturated heterocycles. The summed E-state index contributed by atoms with van der Waals surface area (Å²) in [7, 11) is 0. The summed E-state index contributed by atoms with van der Waals surface area (Å²) >= 11 is 6.13. The predicted octanol–water partition coefficient (Wildman–Crippen LogP) is 3.81. The lowest BCUT2D eigenvalue weighted by molar-refractivity contribution is 0.131. The summed E-state index contributed by atoms with van der Waals surface area (Å²) in [6, 6.07) is 8.20. The van der Waals surface area contributed by atoms with E-state index in [2.05, 4.69) is 25.2 Å². The molecule has 1 aromatic carbocycles. The maximum absolute atomic E-state index is 6.13. The van der Waals surface area contributed by atoms with Crippen molar-refractivity contribution in [3.63, 3.8) is 0 Å². The summed E-state index contributed by atoms with van der Waals surface area (Å²) < 4.78 is 5.50. The molecule has 0 amide bonds. The van der Waals surface area contributed by atoms with E-state index in [1.807, 2.05) is 18.2 Å². The van der Waals surface area contributed by atoms with Gasteiger partial charge in [-0.1, -0.05) is 43.1 Å². The molecule has 0 spiro atoms. The average Bonchev–Trinajstić information content (AvgIpc) is 2.34. The van der Waals surface area contributed by atoms with Crippen LogP contribution in [0.25, 0.3) is 0 Å². The zero-order valence-corrected chi connectivity index (χ0v) is 11.5. The van der Waals surface area contributed by atoms with E-state index >= 15 is 0 Å². The molecular weight excluding hydrogens is 234 g/mol. The van der Waals surface area contributed by atoms with E-state index in [-0.39, 0.29) is 6.04 Å². The molecule has 1 aromatic rings. The van der Waals surface area contributed by atoms with Gasteiger partial charge in [0.05, 0.1) is 6.61 Å². The molecule has 0 fully saturated rings. The predicted molar refractivity (Wildman–Crippen MR) is 73.6 cm³/mol. The summed E-state index contributed by atoms with van der Waals surface area (Å²) in [5, 5.41) is 4.23. The van der Waals surface area contributed by atoms with Crippen LogP contribution in [0.2, 0.25) is 5.02 Å². The van der Waals surface area contributed by atoms with Crippen molar-refractivity contribution in [1.29, 1.82) is 0 Å².